The van der Waals surface area contributed by atoms with E-state index in [2.05, 4.69) is 16.0 Å². The Morgan fingerprint density at radius 2 is 1.40 bits per heavy atom. The van der Waals surface area contributed by atoms with Crippen LogP contribution in [0.5, 0.6) is 0 Å². The van der Waals surface area contributed by atoms with Crippen molar-refractivity contribution in [3.63, 3.8) is 0 Å². The van der Waals surface area contributed by atoms with Gasteiger partial charge in [0.2, 0.25) is 11.8 Å². The van der Waals surface area contributed by atoms with Crippen LogP contribution < -0.4 is 21.7 Å². The van der Waals surface area contributed by atoms with E-state index < -0.39 is 122 Å². The van der Waals surface area contributed by atoms with Gasteiger partial charge in [-0.15, -0.1) is 0 Å². The Labute approximate surface area is 281 Å². The van der Waals surface area contributed by atoms with E-state index in [9.17, 15) is 73.2 Å². The number of carbonyl (C=O) groups is 5. The van der Waals surface area contributed by atoms with Gasteiger partial charge in [0.25, 0.3) is 5.91 Å². The number of aliphatic carboxylic acids is 2. The number of halogens is 3. The van der Waals surface area contributed by atoms with Crippen molar-refractivity contribution in [1.29, 1.82) is 0 Å². The molecule has 0 radical (unpaired) electrons. The molecule has 0 spiro atoms. The van der Waals surface area contributed by atoms with Crippen LogP contribution in [0.2, 0.25) is 0 Å². The first-order valence-corrected chi connectivity index (χ1v) is 14.8. The van der Waals surface area contributed by atoms with Gasteiger partial charge in [-0.3, -0.25) is 19.2 Å². The largest absolute Gasteiger partial charge is 0.490 e. The van der Waals surface area contributed by atoms with Crippen molar-refractivity contribution in [2.24, 2.45) is 5.73 Å². The van der Waals surface area contributed by atoms with Crippen LogP contribution in [0.25, 0.3) is 0 Å². The van der Waals surface area contributed by atoms with E-state index in [1.165, 1.54) is 13.8 Å². The van der Waals surface area contributed by atoms with Crippen molar-refractivity contribution in [3.05, 3.63) is 0 Å². The second-order valence-electron chi connectivity index (χ2n) is 11.0. The monoisotopic (exact) mass is 742 g/mol. The molecule has 0 unspecified atom stereocenters. The number of rotatable bonds is 18. The standard InChI is InChI=1S/C24H44N4O15.C2HF3O2/c1-9(20(37)28-10(2)23(40)41)27-21(38)11(25)5-3-4-6-26-22(39)17(35)16(34)19(12(31)7-29)43-24-18(36)15(33)14(32)13(8-30)42-24;3-2(4,5)1(6)7/h9-19,24,29-36H,3-8,25H2,1-2H3,(H,26,39)(H,27,38)(H,28,37)(H,40,41);(H,6,7)/t9-,10-,11+,12-,13-,14-,15+,16-,17-,18-,19-,24-;/m1./s1. The molecule has 24 heteroatoms. The lowest BCUT2D eigenvalue weighted by Gasteiger charge is -2.42. The normalized spacial score (nSPS) is 24.9. The number of alkyl halides is 3. The van der Waals surface area contributed by atoms with Crippen molar-refractivity contribution in [1.82, 2.24) is 16.0 Å². The van der Waals surface area contributed by atoms with Crippen LogP contribution in [0.4, 0.5) is 13.2 Å². The zero-order valence-corrected chi connectivity index (χ0v) is 26.7. The number of carboxylic acid groups (broad SMARTS) is 2. The molecule has 1 rings (SSSR count). The van der Waals surface area contributed by atoms with E-state index >= 15 is 0 Å². The van der Waals surface area contributed by atoms with Crippen molar-refractivity contribution >= 4 is 29.7 Å². The quantitative estimate of drug-likeness (QED) is 0.0581. The van der Waals surface area contributed by atoms with Crippen LogP contribution in [0, 0.1) is 0 Å². The molecule has 1 fully saturated rings. The van der Waals surface area contributed by atoms with Gasteiger partial charge in [-0.2, -0.15) is 13.2 Å². The second-order valence-corrected chi connectivity index (χ2v) is 11.0. The van der Waals surface area contributed by atoms with E-state index in [0.717, 1.165) is 0 Å². The predicted octanol–water partition coefficient (Wildman–Crippen LogP) is -6.41. The zero-order valence-electron chi connectivity index (χ0n) is 26.7. The van der Waals surface area contributed by atoms with Gasteiger partial charge >= 0.3 is 18.1 Å². The van der Waals surface area contributed by atoms with Gasteiger partial charge in [0, 0.05) is 6.54 Å². The molecule has 12 atom stereocenters. The first-order chi connectivity index (χ1) is 23.0. The molecule has 0 aromatic rings. The second kappa shape index (κ2) is 21.8. The van der Waals surface area contributed by atoms with Gasteiger partial charge < -0.3 is 82.2 Å². The minimum absolute atomic E-state index is 0.0520. The summed E-state index contributed by atoms with van der Waals surface area (Å²) in [6.07, 6.45) is -21.4. The Bertz CT molecular complexity index is 1100. The van der Waals surface area contributed by atoms with E-state index in [4.69, 9.17) is 30.2 Å². The zero-order chi connectivity index (χ0) is 39.1. The summed E-state index contributed by atoms with van der Waals surface area (Å²) in [6.45, 7) is 0.734. The van der Waals surface area contributed by atoms with Crippen molar-refractivity contribution in [2.75, 3.05) is 19.8 Å². The van der Waals surface area contributed by atoms with E-state index in [-0.39, 0.29) is 19.4 Å². The number of carboxylic acids is 2. The molecule has 1 saturated heterocycles. The van der Waals surface area contributed by atoms with Crippen LogP contribution >= 0.6 is 0 Å². The number of hydrogen-bond acceptors (Lipinski definition) is 16. The summed E-state index contributed by atoms with van der Waals surface area (Å²) in [5.74, 6) is -6.50. The number of aliphatic hydroxyl groups is 8. The molecule has 50 heavy (non-hydrogen) atoms. The fraction of sp³-hybridized carbons (Fsp3) is 0.808. The van der Waals surface area contributed by atoms with Crippen molar-refractivity contribution in [3.8, 4) is 0 Å². The molecular formula is C26H45F3N4O17. The first-order valence-electron chi connectivity index (χ1n) is 14.8. The summed E-state index contributed by atoms with van der Waals surface area (Å²) in [5, 5.41) is 102. The van der Waals surface area contributed by atoms with E-state index in [1.807, 2.05) is 0 Å². The lowest BCUT2D eigenvalue weighted by molar-refractivity contribution is -0.326. The summed E-state index contributed by atoms with van der Waals surface area (Å²) in [7, 11) is 0. The first kappa shape index (κ1) is 46.7. The molecular weight excluding hydrogens is 697 g/mol. The average molecular weight is 743 g/mol. The summed E-state index contributed by atoms with van der Waals surface area (Å²) < 4.78 is 42.1. The third-order valence-electron chi connectivity index (χ3n) is 6.94. The smallest absolute Gasteiger partial charge is 0.480 e. The van der Waals surface area contributed by atoms with Crippen LogP contribution in [0.1, 0.15) is 33.1 Å². The molecule has 0 aromatic carbocycles. The molecule has 0 bridgehead atoms. The number of hydrogen-bond donors (Lipinski definition) is 14. The number of carbonyl (C=O) groups excluding carboxylic acids is 3. The Kier molecular flexibility index (Phi) is 20.4. The number of ether oxygens (including phenoxy) is 2. The fourth-order valence-electron chi connectivity index (χ4n) is 3.89. The Balaban J connectivity index is 0.00000308. The summed E-state index contributed by atoms with van der Waals surface area (Å²) in [4.78, 5) is 56.3. The highest BCUT2D eigenvalue weighted by Crippen LogP contribution is 2.25. The van der Waals surface area contributed by atoms with Crippen molar-refractivity contribution in [2.45, 2.75) is 113 Å². The van der Waals surface area contributed by atoms with Crippen LogP contribution in [0.3, 0.4) is 0 Å². The molecule has 3 amide bonds. The summed E-state index contributed by atoms with van der Waals surface area (Å²) in [5.41, 5.74) is 5.81. The Hall–Kier alpha value is -3.30. The van der Waals surface area contributed by atoms with Gasteiger partial charge in [-0.25, -0.2) is 4.79 Å². The van der Waals surface area contributed by atoms with Gasteiger partial charge in [-0.05, 0) is 33.1 Å². The highest BCUT2D eigenvalue weighted by Gasteiger charge is 2.47. The maximum atomic E-state index is 12.4. The number of unbranched alkanes of at least 4 members (excludes halogenated alkanes) is 1. The van der Waals surface area contributed by atoms with E-state index in [0.29, 0.717) is 6.42 Å². The Morgan fingerprint density at radius 1 is 0.860 bits per heavy atom. The summed E-state index contributed by atoms with van der Waals surface area (Å²) >= 11 is 0. The minimum atomic E-state index is -5.08. The third kappa shape index (κ3) is 15.3. The van der Waals surface area contributed by atoms with Crippen LogP contribution in [-0.4, -0.2) is 180 Å². The van der Waals surface area contributed by atoms with E-state index in [1.54, 1.807) is 0 Å². The SMILES string of the molecule is C[C@@H](NC(=O)[C@@H](C)NC(=O)[C@@H](N)CCCCNC(=O)[C@H](O)[C@@H](O)[C@H](O[C@H]1O[C@H](CO)[C@@H](O)[C@H](O)[C@H]1O)[C@H](O)CO)C(=O)O.O=C(O)C(F)(F)F. The number of nitrogens with two attached hydrogens (primary N) is 1. The number of nitrogens with one attached hydrogen (secondary N) is 3. The van der Waals surface area contributed by atoms with Crippen LogP contribution in [-0.2, 0) is 33.4 Å². The highest BCUT2D eigenvalue weighted by molar-refractivity contribution is 5.91. The maximum absolute atomic E-state index is 12.4. The van der Waals surface area contributed by atoms with Gasteiger partial charge in [0.15, 0.2) is 12.4 Å². The molecule has 292 valence electrons. The molecule has 1 aliphatic heterocycles. The van der Waals surface area contributed by atoms with Gasteiger partial charge in [-0.1, -0.05) is 0 Å². The molecule has 0 aromatic heterocycles. The molecule has 1 heterocycles. The maximum Gasteiger partial charge on any atom is 0.490 e. The third-order valence-corrected chi connectivity index (χ3v) is 6.94. The van der Waals surface area contributed by atoms with Crippen LogP contribution in [0.15, 0.2) is 0 Å². The highest BCUT2D eigenvalue weighted by atomic mass is 19.4. The lowest BCUT2D eigenvalue weighted by atomic mass is 9.98. The van der Waals surface area contributed by atoms with Gasteiger partial charge in [0.05, 0.1) is 19.3 Å². The van der Waals surface area contributed by atoms with Gasteiger partial charge in [0.1, 0.15) is 54.8 Å². The topological polar surface area (TPSA) is 368 Å². The minimum Gasteiger partial charge on any atom is -0.480 e. The molecule has 0 saturated carbocycles. The lowest BCUT2D eigenvalue weighted by Crippen LogP contribution is -2.62. The number of amides is 3. The summed E-state index contributed by atoms with van der Waals surface area (Å²) in [6, 6.07) is -3.24. The Morgan fingerprint density at radius 3 is 1.88 bits per heavy atom. The molecule has 21 nitrogen and oxygen atoms in total. The molecule has 15 N–H and O–H groups in total. The predicted molar refractivity (Wildman–Crippen MR) is 155 cm³/mol. The molecule has 1 aliphatic rings. The van der Waals surface area contributed by atoms with Crippen molar-refractivity contribution < 1.29 is 97.7 Å². The molecule has 0 aliphatic carbocycles. The number of aliphatic hydroxyl groups excluding tert-OH is 8. The average Bonchev–Trinajstić information content (AvgIpc) is 3.05. The fourth-order valence-corrected chi connectivity index (χ4v) is 3.89.